The number of benzene rings is 2. The number of hydrogen-bond donors (Lipinski definition) is 0. The van der Waals surface area contributed by atoms with Gasteiger partial charge in [-0.25, -0.2) is 4.99 Å². The highest BCUT2D eigenvalue weighted by atomic mass is 35.5. The Morgan fingerprint density at radius 1 is 1.22 bits per heavy atom. The Kier molecular flexibility index (Phi) is 6.63. The van der Waals surface area contributed by atoms with Crippen molar-refractivity contribution in [2.45, 2.75) is 13.3 Å². The Morgan fingerprint density at radius 3 is 2.67 bits per heavy atom. The Balaban J connectivity index is 1.69. The lowest BCUT2D eigenvalue weighted by Gasteiger charge is -2.27. The summed E-state index contributed by atoms with van der Waals surface area (Å²) in [6.45, 7) is 2.54. The minimum absolute atomic E-state index is 0.0411. The number of amides is 1. The first-order valence-electron chi connectivity index (χ1n) is 8.61. The third-order valence-electron chi connectivity index (χ3n) is 4.09. The molecule has 0 bridgehead atoms. The van der Waals surface area contributed by atoms with Crippen molar-refractivity contribution >= 4 is 40.1 Å². The summed E-state index contributed by atoms with van der Waals surface area (Å²) in [5, 5.41) is 1.35. The second-order valence-corrected chi connectivity index (χ2v) is 7.51. The standard InChI is InChI=1S/C20H21ClN2O3S/c1-14-4-5-15(12-18(14)21)22-20-23(10-3-11-27-20)19(24)13-26-17-8-6-16(25-2)7-9-17/h4-9,12H,3,10-11,13H2,1-2H3. The van der Waals surface area contributed by atoms with Crippen LogP contribution in [0.25, 0.3) is 0 Å². The molecule has 5 nitrogen and oxygen atoms in total. The van der Waals surface area contributed by atoms with Crippen molar-refractivity contribution in [3.05, 3.63) is 53.1 Å². The summed E-state index contributed by atoms with van der Waals surface area (Å²) in [5.74, 6) is 2.18. The van der Waals surface area contributed by atoms with Gasteiger partial charge in [-0.3, -0.25) is 9.69 Å². The lowest BCUT2D eigenvalue weighted by atomic mass is 10.2. The molecule has 0 spiro atoms. The lowest BCUT2D eigenvalue weighted by molar-refractivity contribution is -0.129. The van der Waals surface area contributed by atoms with Gasteiger partial charge in [0, 0.05) is 17.3 Å². The van der Waals surface area contributed by atoms with Crippen LogP contribution in [0.3, 0.4) is 0 Å². The average molecular weight is 405 g/mol. The molecule has 27 heavy (non-hydrogen) atoms. The summed E-state index contributed by atoms with van der Waals surface area (Å²) in [4.78, 5) is 19.0. The topological polar surface area (TPSA) is 51.1 Å². The fourth-order valence-corrected chi connectivity index (χ4v) is 3.69. The predicted molar refractivity (Wildman–Crippen MR) is 111 cm³/mol. The van der Waals surface area contributed by atoms with Gasteiger partial charge in [-0.05, 0) is 55.3 Å². The molecule has 0 saturated carbocycles. The van der Waals surface area contributed by atoms with Crippen molar-refractivity contribution in [3.8, 4) is 11.5 Å². The van der Waals surface area contributed by atoms with Gasteiger partial charge in [0.15, 0.2) is 11.8 Å². The minimum atomic E-state index is -0.116. The normalized spacial score (nSPS) is 15.7. The SMILES string of the molecule is COc1ccc(OCC(=O)N2CCCSC2=Nc2ccc(C)c(Cl)c2)cc1. The van der Waals surface area contributed by atoms with E-state index in [1.807, 2.05) is 25.1 Å². The van der Waals surface area contributed by atoms with E-state index < -0.39 is 0 Å². The molecule has 1 aliphatic rings. The van der Waals surface area contributed by atoms with Crippen LogP contribution >= 0.6 is 23.4 Å². The van der Waals surface area contributed by atoms with E-state index in [0.717, 1.165) is 29.2 Å². The number of carbonyl (C=O) groups excluding carboxylic acids is 1. The van der Waals surface area contributed by atoms with Crippen LogP contribution in [-0.2, 0) is 4.79 Å². The second kappa shape index (κ2) is 9.15. The number of methoxy groups -OCH3 is 1. The van der Waals surface area contributed by atoms with Crippen LogP contribution in [0, 0.1) is 6.92 Å². The van der Waals surface area contributed by atoms with Gasteiger partial charge in [-0.15, -0.1) is 0 Å². The van der Waals surface area contributed by atoms with Crippen molar-refractivity contribution in [3.63, 3.8) is 0 Å². The molecule has 0 aliphatic carbocycles. The molecule has 0 radical (unpaired) electrons. The van der Waals surface area contributed by atoms with E-state index >= 15 is 0 Å². The molecule has 142 valence electrons. The molecule has 1 saturated heterocycles. The Hall–Kier alpha value is -2.18. The van der Waals surface area contributed by atoms with Crippen molar-refractivity contribution in [2.75, 3.05) is 26.0 Å². The van der Waals surface area contributed by atoms with E-state index in [1.165, 1.54) is 0 Å². The molecule has 0 atom stereocenters. The molecule has 7 heteroatoms. The van der Waals surface area contributed by atoms with Gasteiger partial charge in [-0.1, -0.05) is 29.4 Å². The number of nitrogens with zero attached hydrogens (tertiary/aromatic N) is 2. The molecular formula is C20H21ClN2O3S. The third-order valence-corrected chi connectivity index (χ3v) is 5.56. The van der Waals surface area contributed by atoms with E-state index in [0.29, 0.717) is 22.5 Å². The number of hydrogen-bond acceptors (Lipinski definition) is 5. The fourth-order valence-electron chi connectivity index (χ4n) is 2.54. The zero-order chi connectivity index (χ0) is 19.2. The van der Waals surface area contributed by atoms with Crippen molar-refractivity contribution in [1.29, 1.82) is 0 Å². The molecule has 1 amide bonds. The van der Waals surface area contributed by atoms with Crippen LogP contribution < -0.4 is 9.47 Å². The number of carbonyl (C=O) groups is 1. The second-order valence-electron chi connectivity index (χ2n) is 6.04. The van der Waals surface area contributed by atoms with Crippen molar-refractivity contribution < 1.29 is 14.3 Å². The molecule has 3 rings (SSSR count). The predicted octanol–water partition coefficient (Wildman–Crippen LogP) is 4.69. The summed E-state index contributed by atoms with van der Waals surface area (Å²) in [5.41, 5.74) is 1.74. The zero-order valence-electron chi connectivity index (χ0n) is 15.3. The number of aryl methyl sites for hydroxylation is 1. The van der Waals surface area contributed by atoms with Crippen LogP contribution in [0.1, 0.15) is 12.0 Å². The maximum absolute atomic E-state index is 12.7. The number of rotatable bonds is 5. The molecule has 2 aromatic carbocycles. The fraction of sp³-hybridized carbons (Fsp3) is 0.300. The van der Waals surface area contributed by atoms with Gasteiger partial charge in [0.2, 0.25) is 0 Å². The van der Waals surface area contributed by atoms with Crippen LogP contribution in [0.15, 0.2) is 47.5 Å². The van der Waals surface area contributed by atoms with Gasteiger partial charge in [0.1, 0.15) is 11.5 Å². The number of halogens is 1. The van der Waals surface area contributed by atoms with Crippen LogP contribution in [-0.4, -0.2) is 42.0 Å². The van der Waals surface area contributed by atoms with E-state index in [2.05, 4.69) is 4.99 Å². The first-order valence-corrected chi connectivity index (χ1v) is 9.98. The molecule has 0 unspecified atom stereocenters. The number of aliphatic imine (C=N–C) groups is 1. The highest BCUT2D eigenvalue weighted by Crippen LogP contribution is 2.26. The Morgan fingerprint density at radius 2 is 1.96 bits per heavy atom. The first kappa shape index (κ1) is 19.6. The van der Waals surface area contributed by atoms with Crippen LogP contribution in [0.2, 0.25) is 5.02 Å². The minimum Gasteiger partial charge on any atom is -0.497 e. The maximum atomic E-state index is 12.7. The van der Waals surface area contributed by atoms with Gasteiger partial charge < -0.3 is 9.47 Å². The molecule has 1 heterocycles. The maximum Gasteiger partial charge on any atom is 0.266 e. The van der Waals surface area contributed by atoms with Crippen LogP contribution in [0.5, 0.6) is 11.5 Å². The monoisotopic (exact) mass is 404 g/mol. The molecule has 1 aliphatic heterocycles. The van der Waals surface area contributed by atoms with E-state index in [-0.39, 0.29) is 12.5 Å². The summed E-state index contributed by atoms with van der Waals surface area (Å²) < 4.78 is 10.7. The quantitative estimate of drug-likeness (QED) is 0.725. The summed E-state index contributed by atoms with van der Waals surface area (Å²) in [6, 6.07) is 12.8. The van der Waals surface area contributed by atoms with Crippen molar-refractivity contribution in [2.24, 2.45) is 4.99 Å². The highest BCUT2D eigenvalue weighted by molar-refractivity contribution is 8.13. The zero-order valence-corrected chi connectivity index (χ0v) is 16.8. The average Bonchev–Trinajstić information content (AvgIpc) is 2.70. The Labute approximate surface area is 168 Å². The smallest absolute Gasteiger partial charge is 0.266 e. The molecular weight excluding hydrogens is 384 g/mol. The lowest BCUT2D eigenvalue weighted by Crippen LogP contribution is -2.41. The van der Waals surface area contributed by atoms with Gasteiger partial charge in [-0.2, -0.15) is 0 Å². The summed E-state index contributed by atoms with van der Waals surface area (Å²) in [6.07, 6.45) is 0.923. The summed E-state index contributed by atoms with van der Waals surface area (Å²) in [7, 11) is 1.61. The number of amidine groups is 1. The highest BCUT2D eigenvalue weighted by Gasteiger charge is 2.24. The molecule has 0 N–H and O–H groups in total. The van der Waals surface area contributed by atoms with Gasteiger partial charge >= 0.3 is 0 Å². The third kappa shape index (κ3) is 5.17. The number of ether oxygens (including phenoxy) is 2. The van der Waals surface area contributed by atoms with E-state index in [1.54, 1.807) is 48.0 Å². The van der Waals surface area contributed by atoms with E-state index in [9.17, 15) is 4.79 Å². The van der Waals surface area contributed by atoms with E-state index in [4.69, 9.17) is 21.1 Å². The largest absolute Gasteiger partial charge is 0.497 e. The van der Waals surface area contributed by atoms with Crippen molar-refractivity contribution in [1.82, 2.24) is 4.90 Å². The Bertz CT molecular complexity index is 840. The van der Waals surface area contributed by atoms with Crippen LogP contribution in [0.4, 0.5) is 5.69 Å². The van der Waals surface area contributed by atoms with Gasteiger partial charge in [0.05, 0.1) is 12.8 Å². The molecule has 1 fully saturated rings. The first-order chi connectivity index (χ1) is 13.1. The number of thioether (sulfide) groups is 1. The summed E-state index contributed by atoms with van der Waals surface area (Å²) >= 11 is 7.76. The molecule has 0 aromatic heterocycles. The van der Waals surface area contributed by atoms with Gasteiger partial charge in [0.25, 0.3) is 5.91 Å². The molecule has 2 aromatic rings.